The number of hydrogen-bond acceptors (Lipinski definition) is 2. The van der Waals surface area contributed by atoms with Crippen LogP contribution in [0.25, 0.3) is 0 Å². The van der Waals surface area contributed by atoms with Gasteiger partial charge >= 0.3 is 0 Å². The Morgan fingerprint density at radius 3 is 3.00 bits per heavy atom. The van der Waals surface area contributed by atoms with Gasteiger partial charge in [-0.25, -0.2) is 4.98 Å². The van der Waals surface area contributed by atoms with Crippen LogP contribution in [-0.2, 0) is 6.54 Å². The fourth-order valence-electron chi connectivity index (χ4n) is 3.42. The fraction of sp³-hybridized carbons (Fsp3) is 0.667. The van der Waals surface area contributed by atoms with Crippen molar-refractivity contribution in [1.82, 2.24) is 9.55 Å². The average molecular weight is 239 g/mol. The second-order valence-electron chi connectivity index (χ2n) is 5.11. The lowest BCUT2D eigenvalue weighted by molar-refractivity contribution is 0.292. The van der Waals surface area contributed by atoms with E-state index in [0.717, 1.165) is 18.4 Å². The van der Waals surface area contributed by atoms with E-state index in [9.17, 15) is 4.79 Å². The molecule has 2 saturated carbocycles. The highest BCUT2D eigenvalue weighted by molar-refractivity contribution is 6.29. The summed E-state index contributed by atoms with van der Waals surface area (Å²) in [4.78, 5) is 15.5. The number of hydrogen-bond donors (Lipinski definition) is 0. The average Bonchev–Trinajstić information content (AvgIpc) is 2.86. The fourth-order valence-corrected chi connectivity index (χ4v) is 3.58. The Bertz CT molecular complexity index is 457. The molecule has 0 radical (unpaired) electrons. The Hall–Kier alpha value is -0.830. The van der Waals surface area contributed by atoms with Crippen molar-refractivity contribution in [2.75, 3.05) is 0 Å². The first-order valence-corrected chi connectivity index (χ1v) is 6.33. The van der Waals surface area contributed by atoms with Crippen molar-refractivity contribution in [3.05, 3.63) is 27.9 Å². The summed E-state index contributed by atoms with van der Waals surface area (Å²) in [6.45, 7) is 0.822. The van der Waals surface area contributed by atoms with Crippen molar-refractivity contribution < 1.29 is 0 Å². The topological polar surface area (TPSA) is 34.9 Å². The van der Waals surface area contributed by atoms with E-state index in [2.05, 4.69) is 4.98 Å². The first-order chi connectivity index (χ1) is 7.74. The van der Waals surface area contributed by atoms with Crippen molar-refractivity contribution in [2.45, 2.75) is 32.2 Å². The summed E-state index contributed by atoms with van der Waals surface area (Å²) < 4.78 is 1.72. The van der Waals surface area contributed by atoms with Crippen LogP contribution in [0.3, 0.4) is 0 Å². The molecule has 0 N–H and O–H groups in total. The van der Waals surface area contributed by atoms with Gasteiger partial charge in [-0.05, 0) is 37.0 Å². The number of fused-ring (bicyclic) bond motifs is 2. The number of aromatic nitrogens is 2. The predicted molar refractivity (Wildman–Crippen MR) is 62.4 cm³/mol. The van der Waals surface area contributed by atoms with Crippen molar-refractivity contribution in [3.63, 3.8) is 0 Å². The Morgan fingerprint density at radius 1 is 1.44 bits per heavy atom. The minimum atomic E-state index is -0.146. The number of nitrogens with zero attached hydrogens (tertiary/aromatic N) is 2. The van der Waals surface area contributed by atoms with E-state index in [0.29, 0.717) is 5.92 Å². The minimum Gasteiger partial charge on any atom is -0.311 e. The predicted octanol–water partition coefficient (Wildman–Crippen LogP) is 2.33. The third-order valence-corrected chi connectivity index (χ3v) is 4.45. The van der Waals surface area contributed by atoms with Gasteiger partial charge in [0.05, 0.1) is 0 Å². The van der Waals surface area contributed by atoms with Crippen molar-refractivity contribution in [3.8, 4) is 0 Å². The van der Waals surface area contributed by atoms with Crippen LogP contribution in [0.2, 0.25) is 5.15 Å². The summed E-state index contributed by atoms with van der Waals surface area (Å²) in [5.74, 6) is 2.43. The lowest BCUT2D eigenvalue weighted by atomic mass is 9.89. The molecule has 0 spiro atoms. The highest BCUT2D eigenvalue weighted by Crippen LogP contribution is 2.48. The molecule has 2 bridgehead atoms. The van der Waals surface area contributed by atoms with Gasteiger partial charge in [0.25, 0.3) is 5.56 Å². The van der Waals surface area contributed by atoms with Crippen LogP contribution in [0.5, 0.6) is 0 Å². The van der Waals surface area contributed by atoms with Gasteiger partial charge in [0.1, 0.15) is 0 Å². The normalized spacial score (nSPS) is 32.2. The molecule has 3 nitrogen and oxygen atoms in total. The van der Waals surface area contributed by atoms with Crippen LogP contribution in [0.15, 0.2) is 17.2 Å². The third kappa shape index (κ3) is 1.67. The smallest absolute Gasteiger partial charge is 0.288 e. The highest BCUT2D eigenvalue weighted by atomic mass is 35.5. The van der Waals surface area contributed by atoms with E-state index in [1.807, 2.05) is 0 Å². The van der Waals surface area contributed by atoms with Crippen molar-refractivity contribution >= 4 is 11.6 Å². The Kier molecular flexibility index (Phi) is 2.51. The van der Waals surface area contributed by atoms with Gasteiger partial charge in [-0.2, -0.15) is 0 Å². The van der Waals surface area contributed by atoms with E-state index < -0.39 is 0 Å². The van der Waals surface area contributed by atoms with E-state index >= 15 is 0 Å². The molecule has 16 heavy (non-hydrogen) atoms. The second-order valence-corrected chi connectivity index (χ2v) is 5.47. The van der Waals surface area contributed by atoms with Gasteiger partial charge in [0, 0.05) is 18.9 Å². The molecular weight excluding hydrogens is 224 g/mol. The third-order valence-electron chi connectivity index (χ3n) is 4.19. The SMILES string of the molecule is O=c1c(Cl)nccn1CC1CC2CCC1C2. The van der Waals surface area contributed by atoms with Gasteiger partial charge in [-0.1, -0.05) is 18.0 Å². The molecule has 86 valence electrons. The molecule has 1 aromatic rings. The molecule has 3 rings (SSSR count). The van der Waals surface area contributed by atoms with E-state index in [4.69, 9.17) is 11.6 Å². The molecule has 4 heteroatoms. The molecule has 0 aliphatic heterocycles. The molecule has 0 aromatic carbocycles. The number of halogens is 1. The minimum absolute atomic E-state index is 0.0886. The molecule has 1 aromatic heterocycles. The molecule has 3 atom stereocenters. The van der Waals surface area contributed by atoms with E-state index in [1.165, 1.54) is 25.7 Å². The summed E-state index contributed by atoms with van der Waals surface area (Å²) in [7, 11) is 0. The maximum Gasteiger partial charge on any atom is 0.288 e. The van der Waals surface area contributed by atoms with Crippen LogP contribution in [0, 0.1) is 17.8 Å². The maximum absolute atomic E-state index is 11.7. The maximum atomic E-state index is 11.7. The summed E-state index contributed by atoms with van der Waals surface area (Å²) in [5.41, 5.74) is -0.146. The molecule has 2 fully saturated rings. The second kappa shape index (κ2) is 3.88. The first kappa shape index (κ1) is 10.3. The van der Waals surface area contributed by atoms with E-state index in [1.54, 1.807) is 17.0 Å². The molecule has 0 amide bonds. The van der Waals surface area contributed by atoms with E-state index in [-0.39, 0.29) is 10.7 Å². The van der Waals surface area contributed by atoms with Gasteiger partial charge in [0.15, 0.2) is 5.15 Å². The lowest BCUT2D eigenvalue weighted by Crippen LogP contribution is -2.26. The summed E-state index contributed by atoms with van der Waals surface area (Å²) in [5, 5.41) is 0.0886. The summed E-state index contributed by atoms with van der Waals surface area (Å²) >= 11 is 5.73. The molecule has 3 unspecified atom stereocenters. The van der Waals surface area contributed by atoms with Crippen LogP contribution in [-0.4, -0.2) is 9.55 Å². The zero-order valence-corrected chi connectivity index (χ0v) is 9.86. The van der Waals surface area contributed by atoms with Gasteiger partial charge in [-0.3, -0.25) is 4.79 Å². The highest BCUT2D eigenvalue weighted by Gasteiger charge is 2.39. The first-order valence-electron chi connectivity index (χ1n) is 5.95. The molecule has 0 saturated heterocycles. The van der Waals surface area contributed by atoms with Crippen LogP contribution >= 0.6 is 11.6 Å². The molecular formula is C12H15ClN2O. The zero-order valence-electron chi connectivity index (χ0n) is 9.10. The quantitative estimate of drug-likeness (QED) is 0.793. The molecule has 1 heterocycles. The monoisotopic (exact) mass is 238 g/mol. The molecule has 2 aliphatic carbocycles. The Morgan fingerprint density at radius 2 is 2.31 bits per heavy atom. The summed E-state index contributed by atoms with van der Waals surface area (Å²) in [6.07, 6.45) is 8.77. The van der Waals surface area contributed by atoms with Crippen LogP contribution < -0.4 is 5.56 Å². The van der Waals surface area contributed by atoms with Gasteiger partial charge in [0.2, 0.25) is 0 Å². The Balaban J connectivity index is 1.80. The largest absolute Gasteiger partial charge is 0.311 e. The van der Waals surface area contributed by atoms with Gasteiger partial charge < -0.3 is 4.57 Å². The summed E-state index contributed by atoms with van der Waals surface area (Å²) in [6, 6.07) is 0. The number of rotatable bonds is 2. The lowest BCUT2D eigenvalue weighted by Gasteiger charge is -2.22. The van der Waals surface area contributed by atoms with Crippen molar-refractivity contribution in [1.29, 1.82) is 0 Å². The Labute approximate surface area is 99.5 Å². The van der Waals surface area contributed by atoms with Crippen LogP contribution in [0.4, 0.5) is 0 Å². The van der Waals surface area contributed by atoms with Crippen molar-refractivity contribution in [2.24, 2.45) is 17.8 Å². The van der Waals surface area contributed by atoms with Gasteiger partial charge in [-0.15, -0.1) is 0 Å². The standard InChI is InChI=1S/C12H15ClN2O/c13-11-12(16)15(4-3-14-11)7-10-6-8-1-2-9(10)5-8/h3-4,8-10H,1-2,5-7H2. The van der Waals surface area contributed by atoms with Crippen LogP contribution in [0.1, 0.15) is 25.7 Å². The zero-order chi connectivity index (χ0) is 11.1. The molecule has 2 aliphatic rings.